The van der Waals surface area contributed by atoms with Crippen LogP contribution in [0.15, 0.2) is 0 Å². The van der Waals surface area contributed by atoms with Gasteiger partial charge in [0.1, 0.15) is 6.61 Å². The summed E-state index contributed by atoms with van der Waals surface area (Å²) in [6.45, 7) is 3.44. The maximum absolute atomic E-state index is 12.2. The Morgan fingerprint density at radius 3 is 1.51 bits per heavy atom. The van der Waals surface area contributed by atoms with Crippen LogP contribution >= 0.6 is 7.82 Å². The van der Waals surface area contributed by atoms with E-state index in [4.69, 9.17) is 9.47 Å². The van der Waals surface area contributed by atoms with Gasteiger partial charge >= 0.3 is 71.1 Å². The van der Waals surface area contributed by atoms with Crippen molar-refractivity contribution >= 4 is 25.7 Å². The molecule has 0 aromatic carbocycles. The quantitative estimate of drug-likeness (QED) is 0.0495. The molecular formula is C30H56NNa2O9P. The molecule has 0 rings (SSSR count). The van der Waals surface area contributed by atoms with Crippen molar-refractivity contribution in [2.75, 3.05) is 19.8 Å². The molecule has 0 fully saturated rings. The zero-order chi connectivity index (χ0) is 30.6. The average molecular weight is 652 g/mol. The number of hydrogen-bond acceptors (Lipinski definition) is 9. The fourth-order valence-electron chi connectivity index (χ4n) is 4.45. The number of nitrogens with one attached hydrogen (secondary N) is 1. The largest absolute Gasteiger partial charge is 1.00 e. The smallest absolute Gasteiger partial charge is 0.790 e. The number of unbranched alkanes of at least 4 members (excludes halogenated alkanes) is 17. The van der Waals surface area contributed by atoms with Gasteiger partial charge in [-0.2, -0.15) is 0 Å². The first-order valence-corrected chi connectivity index (χ1v) is 17.4. The van der Waals surface area contributed by atoms with Gasteiger partial charge in [0, 0.05) is 26.3 Å². The van der Waals surface area contributed by atoms with E-state index in [9.17, 15) is 28.7 Å². The van der Waals surface area contributed by atoms with Gasteiger partial charge in [-0.25, -0.2) is 0 Å². The summed E-state index contributed by atoms with van der Waals surface area (Å²) in [6.07, 6.45) is 19.7. The van der Waals surface area contributed by atoms with Crippen LogP contribution in [-0.4, -0.2) is 43.7 Å². The van der Waals surface area contributed by atoms with Gasteiger partial charge in [0.05, 0.1) is 14.4 Å². The summed E-state index contributed by atoms with van der Waals surface area (Å²) >= 11 is 0. The molecule has 0 saturated heterocycles. The predicted octanol–water partition coefficient (Wildman–Crippen LogP) is -0.357. The Kier molecular flexibility index (Phi) is 37.7. The van der Waals surface area contributed by atoms with Crippen LogP contribution in [0.4, 0.5) is 0 Å². The summed E-state index contributed by atoms with van der Waals surface area (Å²) in [7, 11) is -5.25. The van der Waals surface area contributed by atoms with Gasteiger partial charge in [-0.05, 0) is 19.3 Å². The third-order valence-electron chi connectivity index (χ3n) is 6.81. The molecule has 0 aliphatic heterocycles. The Hall–Kier alpha value is 0.520. The van der Waals surface area contributed by atoms with Crippen molar-refractivity contribution < 1.29 is 102 Å². The minimum atomic E-state index is -5.25. The van der Waals surface area contributed by atoms with Crippen molar-refractivity contribution in [1.29, 1.82) is 0 Å². The second-order valence-electron chi connectivity index (χ2n) is 10.9. The van der Waals surface area contributed by atoms with Crippen LogP contribution in [0.25, 0.3) is 0 Å². The van der Waals surface area contributed by atoms with E-state index in [1.165, 1.54) is 58.3 Å². The number of carbonyl (C=O) groups excluding carboxylic acids is 3. The molecule has 1 N–H and O–H groups in total. The van der Waals surface area contributed by atoms with Gasteiger partial charge in [-0.15, -0.1) is 0 Å². The van der Waals surface area contributed by atoms with E-state index in [0.717, 1.165) is 64.3 Å². The number of rotatable bonds is 29. The molecule has 0 aliphatic carbocycles. The molecule has 0 radical (unpaired) electrons. The molecule has 0 unspecified atom stereocenters. The van der Waals surface area contributed by atoms with Crippen molar-refractivity contribution in [2.24, 2.45) is 0 Å². The third kappa shape index (κ3) is 38.6. The molecule has 1 amide bonds. The first-order chi connectivity index (χ1) is 19.6. The van der Waals surface area contributed by atoms with Crippen molar-refractivity contribution in [3.8, 4) is 0 Å². The summed E-state index contributed by atoms with van der Waals surface area (Å²) in [4.78, 5) is 56.8. The molecule has 0 aromatic rings. The maximum atomic E-state index is 12.2. The molecule has 0 saturated carbocycles. The zero-order valence-corrected chi connectivity index (χ0v) is 32.6. The summed E-state index contributed by atoms with van der Waals surface area (Å²) in [5, 5.41) is 2.80. The van der Waals surface area contributed by atoms with Gasteiger partial charge in [-0.3, -0.25) is 14.4 Å². The van der Waals surface area contributed by atoms with Gasteiger partial charge in [0.15, 0.2) is 6.10 Å². The molecule has 0 bridgehead atoms. The van der Waals surface area contributed by atoms with E-state index in [-0.39, 0.29) is 84.5 Å². The number of ether oxygens (including phenoxy) is 2. The van der Waals surface area contributed by atoms with Crippen LogP contribution in [0.3, 0.4) is 0 Å². The topological polar surface area (TPSA) is 154 Å². The van der Waals surface area contributed by atoms with E-state index in [1.54, 1.807) is 0 Å². The van der Waals surface area contributed by atoms with Crippen molar-refractivity contribution in [1.82, 2.24) is 5.32 Å². The Bertz CT molecular complexity index is 726. The molecule has 242 valence electrons. The predicted molar refractivity (Wildman–Crippen MR) is 156 cm³/mol. The average Bonchev–Trinajstić information content (AvgIpc) is 2.91. The Morgan fingerprint density at radius 2 is 1.07 bits per heavy atom. The Labute approximate surface area is 305 Å². The molecule has 10 nitrogen and oxygen atoms in total. The summed E-state index contributed by atoms with van der Waals surface area (Å²) < 4.78 is 25.5. The van der Waals surface area contributed by atoms with Gasteiger partial charge in [-0.1, -0.05) is 110 Å². The summed E-state index contributed by atoms with van der Waals surface area (Å²) in [5.74, 6) is -0.975. The fraction of sp³-hybridized carbons (Fsp3) is 0.900. The van der Waals surface area contributed by atoms with E-state index < -0.39 is 32.5 Å². The van der Waals surface area contributed by atoms with Crippen molar-refractivity contribution in [3.05, 3.63) is 0 Å². The minimum Gasteiger partial charge on any atom is -0.790 e. The number of hydrogen-bond donors (Lipinski definition) is 1. The van der Waals surface area contributed by atoms with Gasteiger partial charge in [0.2, 0.25) is 5.91 Å². The van der Waals surface area contributed by atoms with E-state index in [2.05, 4.69) is 16.8 Å². The van der Waals surface area contributed by atoms with Crippen LogP contribution in [-0.2, 0) is 32.9 Å². The van der Waals surface area contributed by atoms with Crippen LogP contribution in [0.1, 0.15) is 149 Å². The van der Waals surface area contributed by atoms with Gasteiger partial charge in [0.25, 0.3) is 0 Å². The monoisotopic (exact) mass is 651 g/mol. The van der Waals surface area contributed by atoms with Crippen molar-refractivity contribution in [2.45, 2.75) is 155 Å². The van der Waals surface area contributed by atoms with Crippen LogP contribution < -0.4 is 74.2 Å². The number of carbonyl (C=O) groups is 3. The molecule has 1 atom stereocenters. The molecule has 13 heteroatoms. The van der Waals surface area contributed by atoms with Crippen LogP contribution in [0.5, 0.6) is 0 Å². The first-order valence-electron chi connectivity index (χ1n) is 15.9. The Balaban J connectivity index is -0.00000800. The van der Waals surface area contributed by atoms with Crippen LogP contribution in [0.2, 0.25) is 0 Å². The second-order valence-corrected chi connectivity index (χ2v) is 12.0. The third-order valence-corrected chi connectivity index (χ3v) is 7.28. The molecular weight excluding hydrogens is 595 g/mol. The van der Waals surface area contributed by atoms with E-state index >= 15 is 0 Å². The van der Waals surface area contributed by atoms with Crippen molar-refractivity contribution in [3.63, 3.8) is 0 Å². The number of phosphoric ester groups is 1. The maximum Gasteiger partial charge on any atom is 1.00 e. The fourth-order valence-corrected chi connectivity index (χ4v) is 4.80. The zero-order valence-electron chi connectivity index (χ0n) is 27.7. The van der Waals surface area contributed by atoms with E-state index in [0.29, 0.717) is 12.8 Å². The van der Waals surface area contributed by atoms with E-state index in [1.807, 2.05) is 0 Å². The normalized spacial score (nSPS) is 11.6. The molecule has 0 spiro atoms. The number of esters is 2. The van der Waals surface area contributed by atoms with Gasteiger partial charge < -0.3 is 33.7 Å². The second kappa shape index (κ2) is 33.9. The first kappa shape index (κ1) is 47.9. The number of phosphoric acid groups is 1. The number of amides is 1. The Morgan fingerprint density at radius 1 is 0.651 bits per heavy atom. The molecule has 0 aliphatic rings. The van der Waals surface area contributed by atoms with Crippen LogP contribution in [0, 0.1) is 0 Å². The summed E-state index contributed by atoms with van der Waals surface area (Å²) in [6, 6.07) is 0. The molecule has 0 heterocycles. The minimum absolute atomic E-state index is 0. The summed E-state index contributed by atoms with van der Waals surface area (Å²) in [5.41, 5.74) is 0. The molecule has 43 heavy (non-hydrogen) atoms. The SMILES string of the molecule is CCCCCCCCCCCC(=O)O[C@H](COC(=O)CCCCCCCCCCCCNC(C)=O)COP(=O)([O-])[O-].[Na+].[Na+]. The molecule has 0 aromatic heterocycles. The standard InChI is InChI=1S/C30H58NO9P.2Na/c1-3-4-5-6-7-10-14-17-20-23-30(34)40-28(26-39-41(35,36)37)25-38-29(33)22-19-16-13-11-8-9-12-15-18-21-24-31-27(2)32;;/h28H,3-26H2,1-2H3,(H,31,32)(H2,35,36,37);;/q;2*+1/p-2/t28-;;/m1../s1.